The summed E-state index contributed by atoms with van der Waals surface area (Å²) in [6, 6.07) is 22.7. The van der Waals surface area contributed by atoms with Crippen LogP contribution >= 0.6 is 0 Å². The fraction of sp³-hybridized carbons (Fsp3) is 0.303. The molecule has 1 aromatic heterocycles. The zero-order valence-corrected chi connectivity index (χ0v) is 25.4. The van der Waals surface area contributed by atoms with Crippen molar-refractivity contribution in [3.63, 3.8) is 0 Å². The van der Waals surface area contributed by atoms with Crippen molar-refractivity contribution in [3.8, 4) is 22.7 Å². The molecule has 0 saturated carbocycles. The van der Waals surface area contributed by atoms with Crippen molar-refractivity contribution < 1.29 is 22.3 Å². The van der Waals surface area contributed by atoms with E-state index in [1.165, 1.54) is 10.4 Å². The molecule has 0 unspecified atom stereocenters. The maximum absolute atomic E-state index is 15.0. The van der Waals surface area contributed by atoms with Gasteiger partial charge in [0.15, 0.2) is 0 Å². The average molecular weight is 590 g/mol. The predicted molar refractivity (Wildman–Crippen MR) is 162 cm³/mol. The first-order chi connectivity index (χ1) is 19.9. The summed E-state index contributed by atoms with van der Waals surface area (Å²) in [5.74, 6) is 0.0666. The van der Waals surface area contributed by atoms with E-state index in [4.69, 9.17) is 4.74 Å². The van der Waals surface area contributed by atoms with Gasteiger partial charge in [-0.25, -0.2) is 12.8 Å². The van der Waals surface area contributed by atoms with Crippen molar-refractivity contribution in [3.05, 3.63) is 102 Å². The molecule has 4 aromatic rings. The minimum Gasteiger partial charge on any atom is -0.497 e. The van der Waals surface area contributed by atoms with E-state index in [0.717, 1.165) is 11.1 Å². The lowest BCUT2D eigenvalue weighted by Gasteiger charge is -2.34. The van der Waals surface area contributed by atoms with Gasteiger partial charge in [0, 0.05) is 31.9 Å². The van der Waals surface area contributed by atoms with Gasteiger partial charge < -0.3 is 14.2 Å². The summed E-state index contributed by atoms with van der Waals surface area (Å²) in [7, 11) is -2.10. The van der Waals surface area contributed by atoms with E-state index in [1.807, 2.05) is 36.4 Å². The number of hydrogen-bond donors (Lipinski definition) is 0. The quantitative estimate of drug-likeness (QED) is 0.275. The molecular formula is C33H36FN3O4S. The van der Waals surface area contributed by atoms with Crippen molar-refractivity contribution in [2.24, 2.45) is 0 Å². The van der Waals surface area contributed by atoms with Crippen molar-refractivity contribution in [1.82, 2.24) is 13.8 Å². The van der Waals surface area contributed by atoms with E-state index in [-0.39, 0.29) is 42.4 Å². The minimum absolute atomic E-state index is 0.0785. The Hall–Kier alpha value is -3.95. The molecule has 9 heteroatoms. The first-order valence-corrected chi connectivity index (χ1v) is 15.4. The predicted octanol–water partition coefficient (Wildman–Crippen LogP) is 6.04. The number of methoxy groups -OCH3 is 1. The van der Waals surface area contributed by atoms with Crippen LogP contribution in [0.15, 0.2) is 83.8 Å². The lowest BCUT2D eigenvalue weighted by atomic mass is 9.87. The molecule has 0 aliphatic carbocycles. The number of rotatable bonds is 6. The second-order valence-corrected chi connectivity index (χ2v) is 13.5. The summed E-state index contributed by atoms with van der Waals surface area (Å²) >= 11 is 0. The van der Waals surface area contributed by atoms with Crippen LogP contribution in [0.5, 0.6) is 5.75 Å². The number of ether oxygens (including phenoxy) is 1. The van der Waals surface area contributed by atoms with Crippen molar-refractivity contribution >= 4 is 15.9 Å². The van der Waals surface area contributed by atoms with E-state index in [9.17, 15) is 13.2 Å². The van der Waals surface area contributed by atoms with Crippen molar-refractivity contribution in [1.29, 1.82) is 0 Å². The van der Waals surface area contributed by atoms with Crippen LogP contribution in [0.4, 0.5) is 4.39 Å². The molecule has 1 saturated heterocycles. The minimum atomic E-state index is -3.69. The Kier molecular flexibility index (Phi) is 8.00. The topological polar surface area (TPSA) is 71.8 Å². The standard InChI is InChI=1S/C33H36FN3O4S/c1-23-28(22-31(24-10-14-26(41-5)15-11-24)37(23)30-9-7-6-8-29(30)34)32(38)35-18-20-36(21-19-35)42(39,40)27-16-12-25(13-17-27)33(2,3)4/h6-17,22H,18-21H2,1-5H3. The zero-order valence-electron chi connectivity index (χ0n) is 24.6. The number of nitrogens with zero attached hydrogens (tertiary/aromatic N) is 3. The van der Waals surface area contributed by atoms with Crippen molar-refractivity contribution in [2.75, 3.05) is 33.3 Å². The third-order valence-electron chi connectivity index (χ3n) is 7.84. The number of halogens is 1. The van der Waals surface area contributed by atoms with Crippen LogP contribution in [0.25, 0.3) is 16.9 Å². The molecular weight excluding hydrogens is 553 g/mol. The largest absolute Gasteiger partial charge is 0.497 e. The first kappa shape index (κ1) is 29.5. The van der Waals surface area contributed by atoms with Gasteiger partial charge in [0.1, 0.15) is 11.6 Å². The summed E-state index contributed by atoms with van der Waals surface area (Å²) in [5.41, 5.74) is 3.84. The molecule has 0 atom stereocenters. The Morgan fingerprint density at radius 2 is 1.50 bits per heavy atom. The molecule has 1 amide bonds. The lowest BCUT2D eigenvalue weighted by Crippen LogP contribution is -2.50. The van der Waals surface area contributed by atoms with Gasteiger partial charge in [-0.05, 0) is 78.1 Å². The maximum atomic E-state index is 15.0. The smallest absolute Gasteiger partial charge is 0.255 e. The van der Waals surface area contributed by atoms with Gasteiger partial charge in [0.05, 0.1) is 29.0 Å². The Balaban J connectivity index is 1.40. The molecule has 1 aliphatic heterocycles. The van der Waals surface area contributed by atoms with Crippen LogP contribution in [0.2, 0.25) is 0 Å². The van der Waals surface area contributed by atoms with Gasteiger partial charge in [-0.15, -0.1) is 0 Å². The van der Waals surface area contributed by atoms with E-state index in [1.54, 1.807) is 59.9 Å². The van der Waals surface area contributed by atoms with Crippen LogP contribution < -0.4 is 4.74 Å². The van der Waals surface area contributed by atoms with Crippen LogP contribution in [-0.4, -0.2) is 61.4 Å². The van der Waals surface area contributed by atoms with Crippen LogP contribution in [0.3, 0.4) is 0 Å². The summed E-state index contributed by atoms with van der Waals surface area (Å²) in [6.45, 7) is 8.92. The molecule has 42 heavy (non-hydrogen) atoms. The molecule has 7 nitrogen and oxygen atoms in total. The van der Waals surface area contributed by atoms with E-state index < -0.39 is 15.8 Å². The van der Waals surface area contributed by atoms with Gasteiger partial charge in [-0.2, -0.15) is 4.31 Å². The molecule has 0 bridgehead atoms. The highest BCUT2D eigenvalue weighted by molar-refractivity contribution is 7.89. The van der Waals surface area contributed by atoms with Gasteiger partial charge in [-0.3, -0.25) is 4.79 Å². The average Bonchev–Trinajstić information content (AvgIpc) is 3.33. The monoisotopic (exact) mass is 589 g/mol. The summed E-state index contributed by atoms with van der Waals surface area (Å²) in [5, 5.41) is 0. The summed E-state index contributed by atoms with van der Waals surface area (Å²) < 4.78 is 50.2. The highest BCUT2D eigenvalue weighted by Crippen LogP contribution is 2.33. The van der Waals surface area contributed by atoms with Crippen molar-refractivity contribution in [2.45, 2.75) is 38.0 Å². The van der Waals surface area contributed by atoms with E-state index >= 15 is 4.39 Å². The normalized spacial score (nSPS) is 14.7. The summed E-state index contributed by atoms with van der Waals surface area (Å²) in [4.78, 5) is 15.7. The molecule has 0 radical (unpaired) electrons. The van der Waals surface area contributed by atoms with E-state index in [2.05, 4.69) is 20.8 Å². The highest BCUT2D eigenvalue weighted by atomic mass is 32.2. The number of amides is 1. The second-order valence-electron chi connectivity index (χ2n) is 11.5. The number of aromatic nitrogens is 1. The fourth-order valence-electron chi connectivity index (χ4n) is 5.32. The van der Waals surface area contributed by atoms with Crippen LogP contribution in [-0.2, 0) is 15.4 Å². The Morgan fingerprint density at radius 3 is 2.07 bits per heavy atom. The number of piperazine rings is 1. The molecule has 3 aromatic carbocycles. The SMILES string of the molecule is COc1ccc(-c2cc(C(=O)N3CCN(S(=O)(=O)c4ccc(C(C)(C)C)cc4)CC3)c(C)n2-c2ccccc2F)cc1. The molecule has 0 spiro atoms. The molecule has 5 rings (SSSR count). The third-order valence-corrected chi connectivity index (χ3v) is 9.75. The first-order valence-electron chi connectivity index (χ1n) is 13.9. The zero-order chi connectivity index (χ0) is 30.2. The molecule has 2 heterocycles. The number of para-hydroxylation sites is 1. The number of carbonyl (C=O) groups excluding carboxylic acids is 1. The lowest BCUT2D eigenvalue weighted by molar-refractivity contribution is 0.0697. The van der Waals surface area contributed by atoms with Gasteiger partial charge in [-0.1, -0.05) is 45.0 Å². The molecule has 1 fully saturated rings. The Morgan fingerprint density at radius 1 is 0.881 bits per heavy atom. The molecule has 0 N–H and O–H groups in total. The second kappa shape index (κ2) is 11.4. The van der Waals surface area contributed by atoms with Crippen LogP contribution in [0.1, 0.15) is 42.4 Å². The van der Waals surface area contributed by atoms with Gasteiger partial charge in [0.25, 0.3) is 5.91 Å². The third kappa shape index (κ3) is 5.58. The number of hydrogen-bond acceptors (Lipinski definition) is 4. The highest BCUT2D eigenvalue weighted by Gasteiger charge is 2.32. The number of sulfonamides is 1. The molecule has 220 valence electrons. The fourth-order valence-corrected chi connectivity index (χ4v) is 6.74. The summed E-state index contributed by atoms with van der Waals surface area (Å²) in [6.07, 6.45) is 0. The van der Waals surface area contributed by atoms with Gasteiger partial charge >= 0.3 is 0 Å². The number of benzene rings is 3. The van der Waals surface area contributed by atoms with Gasteiger partial charge in [0.2, 0.25) is 10.0 Å². The van der Waals surface area contributed by atoms with E-state index in [0.29, 0.717) is 28.4 Å². The number of carbonyl (C=O) groups is 1. The Labute approximate surface area is 247 Å². The maximum Gasteiger partial charge on any atom is 0.255 e. The molecule has 1 aliphatic rings. The Bertz CT molecular complexity index is 1700. The van der Waals surface area contributed by atoms with Crippen LogP contribution in [0, 0.1) is 12.7 Å².